The minimum atomic E-state index is -3.34. The van der Waals surface area contributed by atoms with E-state index in [1.54, 1.807) is 0 Å². The summed E-state index contributed by atoms with van der Waals surface area (Å²) in [6.07, 6.45) is 2.68. The van der Waals surface area contributed by atoms with Gasteiger partial charge in [0.1, 0.15) is 5.84 Å². The minimum absolute atomic E-state index is 0.0120. The second-order valence-corrected chi connectivity index (χ2v) is 9.48. The van der Waals surface area contributed by atoms with Crippen molar-refractivity contribution in [3.8, 4) is 0 Å². The van der Waals surface area contributed by atoms with E-state index in [1.165, 1.54) is 0 Å². The van der Waals surface area contributed by atoms with E-state index in [9.17, 15) is 13.2 Å². The van der Waals surface area contributed by atoms with Crippen LogP contribution in [0.25, 0.3) is 0 Å². The number of fused-ring (bicyclic) bond motifs is 2. The Morgan fingerprint density at radius 2 is 2.04 bits per heavy atom. The normalized spacial score (nSPS) is 27.4. The first-order valence-corrected chi connectivity index (χ1v) is 10.1. The Bertz CT molecular complexity index is 855. The molecule has 5 nitrogen and oxygen atoms in total. The van der Waals surface area contributed by atoms with Gasteiger partial charge in [0, 0.05) is 30.0 Å². The van der Waals surface area contributed by atoms with E-state index in [2.05, 4.69) is 15.4 Å². The number of benzene rings is 1. The van der Waals surface area contributed by atoms with Crippen molar-refractivity contribution in [1.29, 1.82) is 0 Å². The molecule has 3 aliphatic rings. The number of amidine groups is 1. The number of hydrogen-bond donors (Lipinski definition) is 0. The van der Waals surface area contributed by atoms with Gasteiger partial charge in [0.25, 0.3) is 10.0 Å². The summed E-state index contributed by atoms with van der Waals surface area (Å²) in [5.74, 6) is 1.01. The highest BCUT2D eigenvalue weighted by atomic mass is 32.2. The Kier molecular flexibility index (Phi) is 3.39. The van der Waals surface area contributed by atoms with E-state index >= 15 is 0 Å². The molecule has 2 aliphatic heterocycles. The first kappa shape index (κ1) is 15.8. The topological polar surface area (TPSA) is 66.8 Å². The van der Waals surface area contributed by atoms with Crippen molar-refractivity contribution < 1.29 is 13.2 Å². The van der Waals surface area contributed by atoms with Crippen molar-refractivity contribution in [3.05, 3.63) is 34.9 Å². The molecule has 0 radical (unpaired) electrons. The van der Waals surface area contributed by atoms with Crippen LogP contribution in [0.5, 0.6) is 0 Å². The van der Waals surface area contributed by atoms with E-state index in [0.717, 1.165) is 42.5 Å². The molecule has 24 heavy (non-hydrogen) atoms. The lowest BCUT2D eigenvalue weighted by atomic mass is 9.87. The summed E-state index contributed by atoms with van der Waals surface area (Å²) < 4.78 is 28.0. The number of carbonyl (C=O) groups is 1. The van der Waals surface area contributed by atoms with Crippen LogP contribution in [0, 0.1) is 5.41 Å². The molecule has 0 spiro atoms. The Balaban J connectivity index is 1.74. The summed E-state index contributed by atoms with van der Waals surface area (Å²) in [5.41, 5.74) is 2.64. The van der Waals surface area contributed by atoms with Gasteiger partial charge in [-0.1, -0.05) is 32.0 Å². The second kappa shape index (κ2) is 5.15. The third-order valence-electron chi connectivity index (χ3n) is 5.43. The molecule has 0 bridgehead atoms. The first-order valence-electron chi connectivity index (χ1n) is 8.52. The van der Waals surface area contributed by atoms with Crippen molar-refractivity contribution in [2.24, 2.45) is 9.81 Å². The van der Waals surface area contributed by atoms with Crippen molar-refractivity contribution in [1.82, 2.24) is 4.90 Å². The van der Waals surface area contributed by atoms with Crippen LogP contribution in [-0.2, 0) is 16.4 Å². The maximum atomic E-state index is 12.4. The summed E-state index contributed by atoms with van der Waals surface area (Å²) in [7, 11) is -3.34. The molecular weight excluding hydrogens is 324 g/mol. The van der Waals surface area contributed by atoms with Gasteiger partial charge >= 0.3 is 0 Å². The largest absolute Gasteiger partial charge is 0.358 e. The van der Waals surface area contributed by atoms with Crippen LogP contribution in [0.15, 0.2) is 22.6 Å². The average molecular weight is 346 g/mol. The molecule has 128 valence electrons. The third kappa shape index (κ3) is 2.48. The van der Waals surface area contributed by atoms with Crippen LogP contribution >= 0.6 is 0 Å². The molecule has 1 atom stereocenters. The van der Waals surface area contributed by atoms with E-state index < -0.39 is 10.0 Å². The van der Waals surface area contributed by atoms with Gasteiger partial charge in [-0.2, -0.15) is 0 Å². The van der Waals surface area contributed by atoms with Crippen molar-refractivity contribution >= 4 is 21.6 Å². The van der Waals surface area contributed by atoms with Gasteiger partial charge in [-0.05, 0) is 30.4 Å². The maximum absolute atomic E-state index is 12.4. The molecule has 6 heteroatoms. The number of sulfonamides is 1. The Morgan fingerprint density at radius 3 is 2.83 bits per heavy atom. The lowest BCUT2D eigenvalue weighted by Crippen LogP contribution is -2.46. The lowest BCUT2D eigenvalue weighted by molar-refractivity contribution is 0.0863. The standard InChI is InChI=1S/C18H22N2O3S/c1-18(2)11-13-10-12(5-6-14(13)16(18)21)15-4-3-7-20-8-9-24(22,23)19-17(15)20/h5-6,10,15H,3-4,7-9,11H2,1-2H3. The number of rotatable bonds is 1. The first-order chi connectivity index (χ1) is 11.3. The summed E-state index contributed by atoms with van der Waals surface area (Å²) in [4.78, 5) is 14.5. The molecule has 0 N–H and O–H groups in total. The molecule has 1 fully saturated rings. The molecule has 1 aromatic carbocycles. The van der Waals surface area contributed by atoms with Crippen LogP contribution in [0.4, 0.5) is 0 Å². The van der Waals surface area contributed by atoms with Crippen LogP contribution in [0.1, 0.15) is 54.1 Å². The van der Waals surface area contributed by atoms with Gasteiger partial charge in [0.2, 0.25) is 0 Å². The van der Waals surface area contributed by atoms with Gasteiger partial charge < -0.3 is 4.90 Å². The highest BCUT2D eigenvalue weighted by Crippen LogP contribution is 2.39. The number of hydrogen-bond acceptors (Lipinski definition) is 4. The summed E-state index contributed by atoms with van der Waals surface area (Å²) >= 11 is 0. The van der Waals surface area contributed by atoms with Gasteiger partial charge in [-0.25, -0.2) is 8.42 Å². The van der Waals surface area contributed by atoms with Gasteiger partial charge in [-0.3, -0.25) is 4.79 Å². The number of nitrogens with zero attached hydrogens (tertiary/aromatic N) is 2. The predicted octanol–water partition coefficient (Wildman–Crippen LogP) is 2.37. The molecule has 1 aliphatic carbocycles. The number of carbonyl (C=O) groups excluding carboxylic acids is 1. The summed E-state index contributed by atoms with van der Waals surface area (Å²) in [5, 5.41) is 0. The highest BCUT2D eigenvalue weighted by molar-refractivity contribution is 7.90. The lowest BCUT2D eigenvalue weighted by Gasteiger charge is -2.38. The van der Waals surface area contributed by atoms with Crippen molar-refractivity contribution in [3.63, 3.8) is 0 Å². The molecule has 2 heterocycles. The van der Waals surface area contributed by atoms with E-state index in [4.69, 9.17) is 0 Å². The van der Waals surface area contributed by atoms with Crippen LogP contribution < -0.4 is 0 Å². The van der Waals surface area contributed by atoms with Gasteiger partial charge in [0.05, 0.1) is 5.75 Å². The predicted molar refractivity (Wildman–Crippen MR) is 93.0 cm³/mol. The Morgan fingerprint density at radius 1 is 1.25 bits per heavy atom. The molecule has 1 aromatic rings. The van der Waals surface area contributed by atoms with E-state index in [-0.39, 0.29) is 22.9 Å². The van der Waals surface area contributed by atoms with E-state index in [1.807, 2.05) is 26.0 Å². The summed E-state index contributed by atoms with van der Waals surface area (Å²) in [6, 6.07) is 5.99. The fourth-order valence-electron chi connectivity index (χ4n) is 4.15. The Hall–Kier alpha value is -1.69. The number of Topliss-reactive ketones (excluding diaryl/α,β-unsaturated/α-hetero) is 1. The fourth-order valence-corrected chi connectivity index (χ4v) is 5.22. The SMILES string of the molecule is CC1(C)Cc2cc(C3CCCN4CCS(=O)(=O)N=C34)ccc2C1=O. The molecule has 0 aromatic heterocycles. The maximum Gasteiger partial charge on any atom is 0.256 e. The monoisotopic (exact) mass is 346 g/mol. The average Bonchev–Trinajstić information content (AvgIpc) is 2.75. The zero-order chi connectivity index (χ0) is 17.1. The van der Waals surface area contributed by atoms with E-state index in [0.29, 0.717) is 12.4 Å². The highest BCUT2D eigenvalue weighted by Gasteiger charge is 2.39. The van der Waals surface area contributed by atoms with Gasteiger partial charge in [0.15, 0.2) is 5.78 Å². The molecule has 0 amide bonds. The minimum Gasteiger partial charge on any atom is -0.358 e. The van der Waals surface area contributed by atoms with Crippen LogP contribution in [-0.4, -0.2) is 43.8 Å². The molecule has 1 saturated heterocycles. The van der Waals surface area contributed by atoms with Crippen LogP contribution in [0.2, 0.25) is 0 Å². The molecule has 1 unspecified atom stereocenters. The third-order valence-corrected chi connectivity index (χ3v) is 6.60. The number of ketones is 1. The van der Waals surface area contributed by atoms with Crippen molar-refractivity contribution in [2.45, 2.75) is 39.0 Å². The Labute approximate surface area is 142 Å². The molecule has 4 rings (SSSR count). The molecular formula is C18H22N2O3S. The quantitative estimate of drug-likeness (QED) is 0.783. The zero-order valence-corrected chi connectivity index (χ0v) is 14.9. The van der Waals surface area contributed by atoms with Crippen molar-refractivity contribution in [2.75, 3.05) is 18.8 Å². The summed E-state index contributed by atoms with van der Waals surface area (Å²) in [6.45, 7) is 5.37. The number of piperidine rings is 1. The smallest absolute Gasteiger partial charge is 0.256 e. The second-order valence-electron chi connectivity index (χ2n) is 7.72. The van der Waals surface area contributed by atoms with Gasteiger partial charge in [-0.15, -0.1) is 4.40 Å². The van der Waals surface area contributed by atoms with Crippen LogP contribution in [0.3, 0.4) is 0 Å². The molecule has 0 saturated carbocycles. The fraction of sp³-hybridized carbons (Fsp3) is 0.556. The zero-order valence-electron chi connectivity index (χ0n) is 14.1.